The first-order valence-corrected chi connectivity index (χ1v) is 7.65. The van der Waals surface area contributed by atoms with Crippen molar-refractivity contribution in [1.29, 1.82) is 0 Å². The first-order chi connectivity index (χ1) is 9.10. The van der Waals surface area contributed by atoms with Crippen molar-refractivity contribution in [2.24, 2.45) is 0 Å². The lowest BCUT2D eigenvalue weighted by Crippen LogP contribution is -2.18. The van der Waals surface area contributed by atoms with Crippen LogP contribution in [0.5, 0.6) is 5.75 Å². The van der Waals surface area contributed by atoms with Gasteiger partial charge in [-0.3, -0.25) is 10.1 Å². The molecule has 0 saturated heterocycles. The second-order valence-corrected chi connectivity index (χ2v) is 5.17. The van der Waals surface area contributed by atoms with Crippen LogP contribution in [0.2, 0.25) is 0 Å². The standard InChI is InChI=1S/C13H20N2O3S/c1-4-8-18-12-7-5-6-11(13(12)15(16)17)14-10(2)9-19-3/h5-7,10,14H,4,8-9H2,1-3H3. The molecule has 1 unspecified atom stereocenters. The monoisotopic (exact) mass is 284 g/mol. The molecule has 0 saturated carbocycles. The molecule has 0 aliphatic carbocycles. The lowest BCUT2D eigenvalue weighted by Gasteiger charge is -2.15. The average molecular weight is 284 g/mol. The molecule has 0 aliphatic rings. The summed E-state index contributed by atoms with van der Waals surface area (Å²) in [6, 6.07) is 5.29. The Hall–Kier alpha value is -1.43. The first kappa shape index (κ1) is 15.6. The Morgan fingerprint density at radius 3 is 2.84 bits per heavy atom. The molecule has 1 aromatic rings. The molecule has 0 aliphatic heterocycles. The summed E-state index contributed by atoms with van der Waals surface area (Å²) >= 11 is 1.70. The average Bonchev–Trinajstić information content (AvgIpc) is 2.36. The third-order valence-electron chi connectivity index (χ3n) is 2.46. The van der Waals surface area contributed by atoms with Gasteiger partial charge in [0, 0.05) is 11.8 Å². The van der Waals surface area contributed by atoms with Gasteiger partial charge < -0.3 is 10.1 Å². The molecule has 106 valence electrons. The Kier molecular flexibility index (Phi) is 6.49. The van der Waals surface area contributed by atoms with E-state index >= 15 is 0 Å². The molecule has 0 radical (unpaired) electrons. The van der Waals surface area contributed by atoms with Crippen molar-refractivity contribution >= 4 is 23.1 Å². The summed E-state index contributed by atoms with van der Waals surface area (Å²) in [5.41, 5.74) is 0.532. The van der Waals surface area contributed by atoms with Crippen molar-refractivity contribution in [2.75, 3.05) is 23.9 Å². The van der Waals surface area contributed by atoms with E-state index < -0.39 is 0 Å². The van der Waals surface area contributed by atoms with E-state index in [2.05, 4.69) is 5.32 Å². The summed E-state index contributed by atoms with van der Waals surface area (Å²) in [4.78, 5) is 10.8. The molecule has 1 N–H and O–H groups in total. The van der Waals surface area contributed by atoms with E-state index in [0.29, 0.717) is 18.0 Å². The fraction of sp³-hybridized carbons (Fsp3) is 0.538. The summed E-state index contributed by atoms with van der Waals surface area (Å²) < 4.78 is 5.44. The van der Waals surface area contributed by atoms with E-state index in [1.165, 1.54) is 0 Å². The van der Waals surface area contributed by atoms with Crippen LogP contribution in [0.1, 0.15) is 20.3 Å². The van der Waals surface area contributed by atoms with Gasteiger partial charge in [-0.15, -0.1) is 0 Å². The maximum atomic E-state index is 11.2. The van der Waals surface area contributed by atoms with Crippen molar-refractivity contribution in [3.05, 3.63) is 28.3 Å². The summed E-state index contributed by atoms with van der Waals surface area (Å²) in [5, 5.41) is 14.4. The number of anilines is 1. The van der Waals surface area contributed by atoms with E-state index in [1.807, 2.05) is 20.1 Å². The third kappa shape index (κ3) is 4.63. The number of para-hydroxylation sites is 1. The lowest BCUT2D eigenvalue weighted by molar-refractivity contribution is -0.385. The first-order valence-electron chi connectivity index (χ1n) is 6.25. The summed E-state index contributed by atoms with van der Waals surface area (Å²) in [7, 11) is 0. The van der Waals surface area contributed by atoms with Gasteiger partial charge in [0.25, 0.3) is 0 Å². The molecule has 0 heterocycles. The Labute approximate surface area is 117 Å². The topological polar surface area (TPSA) is 64.4 Å². The van der Waals surface area contributed by atoms with Crippen LogP contribution in [-0.2, 0) is 0 Å². The molecule has 1 rings (SSSR count). The van der Waals surface area contributed by atoms with Crippen molar-refractivity contribution in [1.82, 2.24) is 0 Å². The van der Waals surface area contributed by atoms with Crippen LogP contribution in [0.4, 0.5) is 11.4 Å². The molecule has 0 amide bonds. The highest BCUT2D eigenvalue weighted by Gasteiger charge is 2.21. The fourth-order valence-corrected chi connectivity index (χ4v) is 2.30. The van der Waals surface area contributed by atoms with Crippen LogP contribution >= 0.6 is 11.8 Å². The van der Waals surface area contributed by atoms with Crippen LogP contribution in [0.15, 0.2) is 18.2 Å². The predicted molar refractivity (Wildman–Crippen MR) is 80.3 cm³/mol. The number of nitro groups is 1. The molecule has 19 heavy (non-hydrogen) atoms. The smallest absolute Gasteiger partial charge is 0.333 e. The second kappa shape index (κ2) is 7.89. The number of nitrogens with one attached hydrogen (secondary N) is 1. The summed E-state index contributed by atoms with van der Waals surface area (Å²) in [6.07, 6.45) is 2.82. The molecule has 0 fully saturated rings. The van der Waals surface area contributed by atoms with Crippen LogP contribution in [-0.4, -0.2) is 29.6 Å². The maximum absolute atomic E-state index is 11.2. The molecule has 0 bridgehead atoms. The highest BCUT2D eigenvalue weighted by Crippen LogP contribution is 2.35. The Morgan fingerprint density at radius 1 is 1.53 bits per heavy atom. The van der Waals surface area contributed by atoms with Crippen molar-refractivity contribution in [3.8, 4) is 5.75 Å². The highest BCUT2D eigenvalue weighted by molar-refractivity contribution is 7.98. The van der Waals surface area contributed by atoms with Crippen LogP contribution in [0.25, 0.3) is 0 Å². The summed E-state index contributed by atoms with van der Waals surface area (Å²) in [5.74, 6) is 1.21. The van der Waals surface area contributed by atoms with Gasteiger partial charge in [-0.2, -0.15) is 11.8 Å². The minimum Gasteiger partial charge on any atom is -0.487 e. The van der Waals surface area contributed by atoms with Gasteiger partial charge in [-0.05, 0) is 31.7 Å². The second-order valence-electron chi connectivity index (χ2n) is 4.26. The number of nitro benzene ring substituents is 1. The molecule has 5 nitrogen and oxygen atoms in total. The molecule has 0 aromatic heterocycles. The molecule has 1 aromatic carbocycles. The minimum absolute atomic E-state index is 0.0175. The van der Waals surface area contributed by atoms with E-state index in [4.69, 9.17) is 4.74 Å². The normalized spacial score (nSPS) is 11.9. The Balaban J connectivity index is 2.99. The Bertz CT molecular complexity index is 426. The Morgan fingerprint density at radius 2 is 2.26 bits per heavy atom. The number of benzene rings is 1. The number of nitrogens with zero attached hydrogens (tertiary/aromatic N) is 1. The third-order valence-corrected chi connectivity index (χ3v) is 3.30. The van der Waals surface area contributed by atoms with Gasteiger partial charge in [0.05, 0.1) is 11.5 Å². The van der Waals surface area contributed by atoms with Gasteiger partial charge in [-0.25, -0.2) is 0 Å². The zero-order valence-electron chi connectivity index (χ0n) is 11.5. The van der Waals surface area contributed by atoms with E-state index in [0.717, 1.165) is 12.2 Å². The molecular weight excluding hydrogens is 264 g/mol. The maximum Gasteiger partial charge on any atom is 0.333 e. The molecule has 6 heteroatoms. The summed E-state index contributed by atoms with van der Waals surface area (Å²) in [6.45, 7) is 4.44. The van der Waals surface area contributed by atoms with Crippen LogP contribution in [0.3, 0.4) is 0 Å². The highest BCUT2D eigenvalue weighted by atomic mass is 32.2. The quantitative estimate of drug-likeness (QED) is 0.584. The van der Waals surface area contributed by atoms with Gasteiger partial charge in [0.2, 0.25) is 0 Å². The number of hydrogen-bond donors (Lipinski definition) is 1. The van der Waals surface area contributed by atoms with E-state index in [-0.39, 0.29) is 16.7 Å². The SMILES string of the molecule is CCCOc1cccc(NC(C)CSC)c1[N+](=O)[O-]. The number of thioether (sulfide) groups is 1. The van der Waals surface area contributed by atoms with Gasteiger partial charge >= 0.3 is 5.69 Å². The van der Waals surface area contributed by atoms with Crippen LogP contribution < -0.4 is 10.1 Å². The number of rotatable bonds is 8. The van der Waals surface area contributed by atoms with E-state index in [9.17, 15) is 10.1 Å². The lowest BCUT2D eigenvalue weighted by atomic mass is 10.2. The van der Waals surface area contributed by atoms with Crippen LogP contribution in [0, 0.1) is 10.1 Å². The van der Waals surface area contributed by atoms with Crippen molar-refractivity contribution < 1.29 is 9.66 Å². The van der Waals surface area contributed by atoms with Crippen molar-refractivity contribution in [2.45, 2.75) is 26.3 Å². The van der Waals surface area contributed by atoms with Gasteiger partial charge in [0.15, 0.2) is 5.75 Å². The van der Waals surface area contributed by atoms with Gasteiger partial charge in [0.1, 0.15) is 5.69 Å². The largest absolute Gasteiger partial charge is 0.487 e. The number of ether oxygens (including phenoxy) is 1. The number of hydrogen-bond acceptors (Lipinski definition) is 5. The zero-order valence-corrected chi connectivity index (χ0v) is 12.3. The zero-order chi connectivity index (χ0) is 14.3. The van der Waals surface area contributed by atoms with E-state index in [1.54, 1.807) is 30.0 Å². The molecular formula is C13H20N2O3S. The molecule has 0 spiro atoms. The predicted octanol–water partition coefficient (Wildman–Crippen LogP) is 3.55. The molecule has 1 atom stereocenters. The minimum atomic E-state index is -0.390. The van der Waals surface area contributed by atoms with Gasteiger partial charge in [-0.1, -0.05) is 13.0 Å². The fourth-order valence-electron chi connectivity index (χ4n) is 1.71. The van der Waals surface area contributed by atoms with Crippen molar-refractivity contribution in [3.63, 3.8) is 0 Å².